The summed E-state index contributed by atoms with van der Waals surface area (Å²) in [5.41, 5.74) is 0. The van der Waals surface area contributed by atoms with E-state index in [0.717, 1.165) is 19.1 Å². The van der Waals surface area contributed by atoms with Gasteiger partial charge in [-0.1, -0.05) is 0 Å². The average Bonchev–Trinajstić information content (AvgIpc) is 2.72. The topological polar surface area (TPSA) is 32.7 Å². The third kappa shape index (κ3) is 8.85. The summed E-state index contributed by atoms with van der Waals surface area (Å²) in [5, 5.41) is 8.21. The molecule has 1 aliphatic heterocycles. The van der Waals surface area contributed by atoms with Crippen molar-refractivity contribution in [1.82, 2.24) is 4.90 Å². The van der Waals surface area contributed by atoms with Crippen LogP contribution in [0.4, 0.5) is 0 Å². The Morgan fingerprint density at radius 1 is 1.27 bits per heavy atom. The molecular formula is C12H27NO2. The smallest absolute Gasteiger partial charge is 0.0487 e. The van der Waals surface area contributed by atoms with Gasteiger partial charge in [0.05, 0.1) is 0 Å². The molecule has 92 valence electrons. The summed E-state index contributed by atoms with van der Waals surface area (Å²) in [6.07, 6.45) is 3.59. The zero-order chi connectivity index (χ0) is 11.5. The first-order chi connectivity index (χ1) is 7.22. The summed E-state index contributed by atoms with van der Waals surface area (Å²) >= 11 is 0. The molecule has 1 N–H and O–H groups in total. The molecule has 0 unspecified atom stereocenters. The van der Waals surface area contributed by atoms with Crippen LogP contribution in [-0.2, 0) is 4.74 Å². The fraction of sp³-hybridized carbons (Fsp3) is 1.00. The molecule has 1 rings (SSSR count). The highest BCUT2D eigenvalue weighted by molar-refractivity contribution is 4.68. The molecule has 0 aromatic heterocycles. The lowest BCUT2D eigenvalue weighted by Crippen LogP contribution is -2.26. The molecule has 0 amide bonds. The fourth-order valence-electron chi connectivity index (χ4n) is 1.57. The molecular weight excluding hydrogens is 190 g/mol. The normalized spacial score (nSPS) is 16.6. The third-order valence-electron chi connectivity index (χ3n) is 2.52. The quantitative estimate of drug-likeness (QED) is 0.714. The van der Waals surface area contributed by atoms with Crippen molar-refractivity contribution in [3.8, 4) is 0 Å². The highest BCUT2D eigenvalue weighted by atomic mass is 16.5. The number of aliphatic hydroxyl groups is 1. The van der Waals surface area contributed by atoms with Crippen LogP contribution in [0.2, 0.25) is 0 Å². The third-order valence-corrected chi connectivity index (χ3v) is 2.52. The maximum Gasteiger partial charge on any atom is 0.0487 e. The lowest BCUT2D eigenvalue weighted by molar-refractivity contribution is 0.127. The molecule has 1 aliphatic rings. The SMILES string of the molecule is CC(C)N1CCCC1.CCOCCCO. The number of nitrogens with zero attached hydrogens (tertiary/aromatic N) is 1. The van der Waals surface area contributed by atoms with Gasteiger partial charge >= 0.3 is 0 Å². The summed E-state index contributed by atoms with van der Waals surface area (Å²) in [6.45, 7) is 10.8. The van der Waals surface area contributed by atoms with Gasteiger partial charge in [-0.2, -0.15) is 0 Å². The van der Waals surface area contributed by atoms with Gasteiger partial charge in [0.2, 0.25) is 0 Å². The van der Waals surface area contributed by atoms with Gasteiger partial charge in [-0.05, 0) is 53.1 Å². The van der Waals surface area contributed by atoms with E-state index in [1.54, 1.807) is 0 Å². The van der Waals surface area contributed by atoms with Crippen molar-refractivity contribution in [3.63, 3.8) is 0 Å². The summed E-state index contributed by atoms with van der Waals surface area (Å²) < 4.78 is 4.91. The summed E-state index contributed by atoms with van der Waals surface area (Å²) in [7, 11) is 0. The first kappa shape index (κ1) is 14.9. The average molecular weight is 217 g/mol. The molecule has 3 nitrogen and oxygen atoms in total. The Kier molecular flexibility index (Phi) is 10.3. The molecule has 0 radical (unpaired) electrons. The van der Waals surface area contributed by atoms with E-state index in [9.17, 15) is 0 Å². The predicted octanol–water partition coefficient (Wildman–Crippen LogP) is 1.90. The fourth-order valence-corrected chi connectivity index (χ4v) is 1.57. The number of rotatable bonds is 5. The molecule has 3 heteroatoms. The Bertz CT molecular complexity index is 119. The van der Waals surface area contributed by atoms with Crippen LogP contribution in [0.3, 0.4) is 0 Å². The zero-order valence-corrected chi connectivity index (χ0v) is 10.5. The predicted molar refractivity (Wildman–Crippen MR) is 64.1 cm³/mol. The summed E-state index contributed by atoms with van der Waals surface area (Å²) in [4.78, 5) is 2.53. The second-order valence-corrected chi connectivity index (χ2v) is 4.11. The van der Waals surface area contributed by atoms with Crippen LogP contribution in [0, 0.1) is 0 Å². The van der Waals surface area contributed by atoms with Gasteiger partial charge < -0.3 is 14.7 Å². The van der Waals surface area contributed by atoms with Crippen LogP contribution < -0.4 is 0 Å². The van der Waals surface area contributed by atoms with Gasteiger partial charge in [-0.25, -0.2) is 0 Å². The summed E-state index contributed by atoms with van der Waals surface area (Å²) in [6, 6.07) is 0.775. The first-order valence-corrected chi connectivity index (χ1v) is 6.15. The van der Waals surface area contributed by atoms with E-state index < -0.39 is 0 Å². The highest BCUT2D eigenvalue weighted by Crippen LogP contribution is 2.09. The van der Waals surface area contributed by atoms with Crippen molar-refractivity contribution < 1.29 is 9.84 Å². The van der Waals surface area contributed by atoms with Gasteiger partial charge in [-0.15, -0.1) is 0 Å². The largest absolute Gasteiger partial charge is 0.396 e. The van der Waals surface area contributed by atoms with E-state index in [1.165, 1.54) is 25.9 Å². The second kappa shape index (κ2) is 10.4. The molecule has 0 bridgehead atoms. The van der Waals surface area contributed by atoms with Gasteiger partial charge in [0, 0.05) is 25.9 Å². The standard InChI is InChI=1S/C7H15N.C5H12O2/c1-7(2)8-5-3-4-6-8;1-2-7-5-3-4-6/h7H,3-6H2,1-2H3;6H,2-5H2,1H3. The van der Waals surface area contributed by atoms with Crippen molar-refractivity contribution >= 4 is 0 Å². The van der Waals surface area contributed by atoms with Crippen molar-refractivity contribution in [3.05, 3.63) is 0 Å². The van der Waals surface area contributed by atoms with Crippen molar-refractivity contribution in [1.29, 1.82) is 0 Å². The lowest BCUT2D eigenvalue weighted by atomic mass is 10.3. The van der Waals surface area contributed by atoms with Gasteiger partial charge in [0.25, 0.3) is 0 Å². The minimum Gasteiger partial charge on any atom is -0.396 e. The van der Waals surface area contributed by atoms with Crippen LogP contribution in [0.15, 0.2) is 0 Å². The van der Waals surface area contributed by atoms with E-state index in [4.69, 9.17) is 9.84 Å². The molecule has 1 heterocycles. The van der Waals surface area contributed by atoms with E-state index in [2.05, 4.69) is 18.7 Å². The van der Waals surface area contributed by atoms with Gasteiger partial charge in [0.1, 0.15) is 0 Å². The molecule has 0 aliphatic carbocycles. The molecule has 0 spiro atoms. The van der Waals surface area contributed by atoms with Crippen LogP contribution in [0.5, 0.6) is 0 Å². The minimum atomic E-state index is 0.236. The maximum atomic E-state index is 8.21. The van der Waals surface area contributed by atoms with E-state index in [0.29, 0.717) is 6.61 Å². The number of likely N-dealkylation sites (tertiary alicyclic amines) is 1. The van der Waals surface area contributed by atoms with E-state index in [-0.39, 0.29) is 6.61 Å². The van der Waals surface area contributed by atoms with Crippen molar-refractivity contribution in [2.24, 2.45) is 0 Å². The molecule has 1 saturated heterocycles. The Hall–Kier alpha value is -0.120. The Balaban J connectivity index is 0.000000265. The van der Waals surface area contributed by atoms with Crippen LogP contribution in [0.1, 0.15) is 40.0 Å². The number of ether oxygens (including phenoxy) is 1. The monoisotopic (exact) mass is 217 g/mol. The van der Waals surface area contributed by atoms with E-state index >= 15 is 0 Å². The molecule has 0 atom stereocenters. The Morgan fingerprint density at radius 2 is 1.87 bits per heavy atom. The molecule has 0 aromatic carbocycles. The molecule has 0 saturated carbocycles. The lowest BCUT2D eigenvalue weighted by Gasteiger charge is -2.18. The summed E-state index contributed by atoms with van der Waals surface area (Å²) in [5.74, 6) is 0. The van der Waals surface area contributed by atoms with Crippen LogP contribution in [-0.4, -0.2) is 49.0 Å². The zero-order valence-electron chi connectivity index (χ0n) is 10.5. The second-order valence-electron chi connectivity index (χ2n) is 4.11. The Labute approximate surface area is 94.4 Å². The van der Waals surface area contributed by atoms with Crippen molar-refractivity contribution in [2.75, 3.05) is 32.9 Å². The van der Waals surface area contributed by atoms with Crippen LogP contribution >= 0.6 is 0 Å². The van der Waals surface area contributed by atoms with Crippen LogP contribution in [0.25, 0.3) is 0 Å². The number of hydrogen-bond acceptors (Lipinski definition) is 3. The molecule has 15 heavy (non-hydrogen) atoms. The number of hydrogen-bond donors (Lipinski definition) is 1. The Morgan fingerprint density at radius 3 is 2.20 bits per heavy atom. The molecule has 1 fully saturated rings. The van der Waals surface area contributed by atoms with Gasteiger partial charge in [-0.3, -0.25) is 0 Å². The van der Waals surface area contributed by atoms with E-state index in [1.807, 2.05) is 6.92 Å². The first-order valence-electron chi connectivity index (χ1n) is 6.15. The molecule has 0 aromatic rings. The maximum absolute atomic E-state index is 8.21. The van der Waals surface area contributed by atoms with Gasteiger partial charge in [0.15, 0.2) is 0 Å². The number of aliphatic hydroxyl groups excluding tert-OH is 1. The van der Waals surface area contributed by atoms with Crippen molar-refractivity contribution in [2.45, 2.75) is 46.1 Å². The highest BCUT2D eigenvalue weighted by Gasteiger charge is 2.13. The minimum absolute atomic E-state index is 0.236.